The molecule has 6 rings (SSSR count). The molecule has 2 amide bonds. The number of pyridine rings is 1. The van der Waals surface area contributed by atoms with Crippen LogP contribution in [0.25, 0.3) is 10.9 Å². The van der Waals surface area contributed by atoms with E-state index in [1.54, 1.807) is 11.9 Å². The molecule has 0 radical (unpaired) electrons. The minimum absolute atomic E-state index is 0.220. The van der Waals surface area contributed by atoms with Crippen LogP contribution in [0.15, 0.2) is 48.5 Å². The number of aromatic nitrogens is 1. The normalized spacial score (nSPS) is 26.0. The van der Waals surface area contributed by atoms with Gasteiger partial charge in [-0.15, -0.1) is 0 Å². The third kappa shape index (κ3) is 4.40. The maximum atomic E-state index is 13.8. The van der Waals surface area contributed by atoms with Crippen LogP contribution >= 0.6 is 0 Å². The first-order valence-corrected chi connectivity index (χ1v) is 13.3. The maximum absolute atomic E-state index is 13.8. The number of amides is 2. The lowest BCUT2D eigenvalue weighted by Crippen LogP contribution is -2.58. The van der Waals surface area contributed by atoms with Gasteiger partial charge in [0.2, 0.25) is 11.8 Å². The number of hydrogen-bond donors (Lipinski definition) is 2. The van der Waals surface area contributed by atoms with Crippen molar-refractivity contribution in [3.05, 3.63) is 65.4 Å². The number of ether oxygens (including phenoxy) is 1. The predicted molar refractivity (Wildman–Crippen MR) is 145 cm³/mol. The van der Waals surface area contributed by atoms with Crippen LogP contribution in [-0.2, 0) is 27.4 Å². The Hall–Kier alpha value is -3.98. The number of nitrogens with zero attached hydrogens (tertiary/aromatic N) is 3. The third-order valence-electron chi connectivity index (χ3n) is 8.69. The number of carbonyl (C=O) groups excluding carboxylic acids is 2. The largest absolute Gasteiger partial charge is 0.489 e. The Labute approximate surface area is 226 Å². The SMILES string of the molecule is Cc1cc(COc2ccc3c(c2)CCN3C(=O)C2C(C(=O)O)CC3(CC3C(N)=O)CN2C)c2ccccc2n1. The van der Waals surface area contributed by atoms with Crippen molar-refractivity contribution < 1.29 is 24.2 Å². The highest BCUT2D eigenvalue weighted by atomic mass is 16.5. The van der Waals surface area contributed by atoms with E-state index in [0.717, 1.165) is 33.4 Å². The number of anilines is 1. The van der Waals surface area contributed by atoms with E-state index in [-0.39, 0.29) is 18.2 Å². The van der Waals surface area contributed by atoms with Crippen LogP contribution in [0.2, 0.25) is 0 Å². The van der Waals surface area contributed by atoms with Gasteiger partial charge in [0.15, 0.2) is 0 Å². The van der Waals surface area contributed by atoms with E-state index < -0.39 is 29.3 Å². The Bertz CT molecular complexity index is 1510. The number of likely N-dealkylation sites (tertiary alicyclic amines) is 1. The lowest BCUT2D eigenvalue weighted by Gasteiger charge is -2.42. The fraction of sp³-hybridized carbons (Fsp3) is 0.400. The quantitative estimate of drug-likeness (QED) is 0.504. The molecule has 1 saturated heterocycles. The first kappa shape index (κ1) is 25.3. The van der Waals surface area contributed by atoms with Crippen LogP contribution in [0.4, 0.5) is 5.69 Å². The number of primary amides is 1. The van der Waals surface area contributed by atoms with E-state index in [0.29, 0.717) is 38.3 Å². The average molecular weight is 529 g/mol. The lowest BCUT2D eigenvalue weighted by molar-refractivity contribution is -0.152. The monoisotopic (exact) mass is 528 g/mol. The zero-order valence-electron chi connectivity index (χ0n) is 22.1. The Morgan fingerprint density at radius 1 is 1.15 bits per heavy atom. The van der Waals surface area contributed by atoms with Crippen LogP contribution in [0.1, 0.15) is 29.7 Å². The van der Waals surface area contributed by atoms with Crippen molar-refractivity contribution in [1.82, 2.24) is 9.88 Å². The highest BCUT2D eigenvalue weighted by Crippen LogP contribution is 2.59. The van der Waals surface area contributed by atoms with Crippen molar-refractivity contribution in [3.63, 3.8) is 0 Å². The molecule has 1 spiro atoms. The highest BCUT2D eigenvalue weighted by molar-refractivity contribution is 6.01. The predicted octanol–water partition coefficient (Wildman–Crippen LogP) is 2.91. The Morgan fingerprint density at radius 3 is 2.69 bits per heavy atom. The van der Waals surface area contributed by atoms with Gasteiger partial charge in [0, 0.05) is 41.3 Å². The van der Waals surface area contributed by atoms with Gasteiger partial charge >= 0.3 is 5.97 Å². The number of aryl methyl sites for hydroxylation is 1. The minimum Gasteiger partial charge on any atom is -0.489 e. The molecule has 202 valence electrons. The molecule has 3 N–H and O–H groups in total. The molecule has 1 saturated carbocycles. The summed E-state index contributed by atoms with van der Waals surface area (Å²) < 4.78 is 6.16. The van der Waals surface area contributed by atoms with Crippen molar-refractivity contribution >= 4 is 34.4 Å². The van der Waals surface area contributed by atoms with E-state index in [1.165, 1.54) is 0 Å². The van der Waals surface area contributed by atoms with Gasteiger partial charge in [0.25, 0.3) is 0 Å². The van der Waals surface area contributed by atoms with Gasteiger partial charge in [0.05, 0.1) is 11.4 Å². The van der Waals surface area contributed by atoms with E-state index in [1.807, 2.05) is 60.4 Å². The van der Waals surface area contributed by atoms with Crippen LogP contribution in [-0.4, -0.2) is 59.0 Å². The molecule has 2 aromatic carbocycles. The molecule has 4 atom stereocenters. The highest BCUT2D eigenvalue weighted by Gasteiger charge is 2.63. The number of carboxylic acid groups (broad SMARTS) is 1. The minimum atomic E-state index is -1.02. The van der Waals surface area contributed by atoms with Gasteiger partial charge in [0.1, 0.15) is 18.4 Å². The molecule has 3 heterocycles. The zero-order valence-corrected chi connectivity index (χ0v) is 22.1. The summed E-state index contributed by atoms with van der Waals surface area (Å²) in [5.41, 5.74) is 9.79. The molecular weight excluding hydrogens is 496 g/mol. The van der Waals surface area contributed by atoms with E-state index >= 15 is 0 Å². The number of hydrogen-bond acceptors (Lipinski definition) is 6. The van der Waals surface area contributed by atoms with E-state index in [2.05, 4.69) is 4.98 Å². The summed E-state index contributed by atoms with van der Waals surface area (Å²) in [4.78, 5) is 45.9. The molecule has 3 aliphatic rings. The standard InChI is InChI=1S/C30H32N4O5/c1-17-11-19(21-5-3-4-6-24(21)32-17)15-39-20-7-8-25-18(12-20)9-10-34(25)28(36)26-22(29(37)38)13-30(16-33(26)2)14-23(30)27(31)35/h3-8,11-12,22-23,26H,9-10,13-16H2,1-2H3,(H2,31,35)(H,37,38). The van der Waals surface area contributed by atoms with Gasteiger partial charge in [-0.25, -0.2) is 0 Å². The molecule has 9 nitrogen and oxygen atoms in total. The average Bonchev–Trinajstić information content (AvgIpc) is 3.42. The second-order valence-electron chi connectivity index (χ2n) is 11.3. The number of aliphatic carboxylic acids is 1. The molecule has 2 fully saturated rings. The molecule has 4 unspecified atom stereocenters. The topological polar surface area (TPSA) is 126 Å². The summed E-state index contributed by atoms with van der Waals surface area (Å²) in [6.07, 6.45) is 1.53. The Kier molecular flexibility index (Phi) is 6.06. The van der Waals surface area contributed by atoms with Gasteiger partial charge in [-0.2, -0.15) is 0 Å². The molecule has 39 heavy (non-hydrogen) atoms. The number of carboxylic acids is 1. The fourth-order valence-electron chi connectivity index (χ4n) is 6.78. The van der Waals surface area contributed by atoms with Crippen LogP contribution < -0.4 is 15.4 Å². The number of para-hydroxylation sites is 1. The number of benzene rings is 2. The summed E-state index contributed by atoms with van der Waals surface area (Å²) in [5.74, 6) is -2.13. The zero-order chi connectivity index (χ0) is 27.5. The van der Waals surface area contributed by atoms with Gasteiger partial charge < -0.3 is 20.5 Å². The van der Waals surface area contributed by atoms with Gasteiger partial charge in [-0.3, -0.25) is 24.3 Å². The van der Waals surface area contributed by atoms with Crippen molar-refractivity contribution in [2.75, 3.05) is 25.0 Å². The van der Waals surface area contributed by atoms with Crippen molar-refractivity contribution in [1.29, 1.82) is 0 Å². The van der Waals surface area contributed by atoms with Gasteiger partial charge in [-0.1, -0.05) is 18.2 Å². The molecule has 1 aromatic heterocycles. The molecule has 9 heteroatoms. The van der Waals surface area contributed by atoms with Crippen molar-refractivity contribution in [2.45, 2.75) is 38.8 Å². The number of piperidine rings is 1. The number of rotatable bonds is 6. The van der Waals surface area contributed by atoms with Crippen molar-refractivity contribution in [3.8, 4) is 5.75 Å². The smallest absolute Gasteiger partial charge is 0.308 e. The summed E-state index contributed by atoms with van der Waals surface area (Å²) >= 11 is 0. The summed E-state index contributed by atoms with van der Waals surface area (Å²) in [6, 6.07) is 14.9. The molecule has 1 aliphatic carbocycles. The second kappa shape index (κ2) is 9.34. The summed E-state index contributed by atoms with van der Waals surface area (Å²) in [6.45, 7) is 3.33. The fourth-order valence-corrected chi connectivity index (χ4v) is 6.78. The lowest BCUT2D eigenvalue weighted by atomic mass is 9.79. The molecule has 3 aromatic rings. The number of nitrogens with two attached hydrogens (primary N) is 1. The molecule has 0 bridgehead atoms. The van der Waals surface area contributed by atoms with Gasteiger partial charge in [-0.05, 0) is 74.5 Å². The van der Waals surface area contributed by atoms with Crippen LogP contribution in [0.5, 0.6) is 5.75 Å². The van der Waals surface area contributed by atoms with E-state index in [4.69, 9.17) is 10.5 Å². The molecular formula is C30H32N4O5. The van der Waals surface area contributed by atoms with Crippen LogP contribution in [0, 0.1) is 24.2 Å². The second-order valence-corrected chi connectivity index (χ2v) is 11.3. The summed E-state index contributed by atoms with van der Waals surface area (Å²) in [7, 11) is 1.77. The Balaban J connectivity index is 1.19. The number of carbonyl (C=O) groups is 3. The van der Waals surface area contributed by atoms with Crippen LogP contribution in [0.3, 0.4) is 0 Å². The number of fused-ring (bicyclic) bond motifs is 2. The van der Waals surface area contributed by atoms with E-state index in [9.17, 15) is 19.5 Å². The first-order chi connectivity index (χ1) is 18.7. The number of likely N-dealkylation sites (N-methyl/N-ethyl adjacent to an activating group) is 1. The Morgan fingerprint density at radius 2 is 1.95 bits per heavy atom. The van der Waals surface area contributed by atoms with Crippen molar-refractivity contribution in [2.24, 2.45) is 23.0 Å². The first-order valence-electron chi connectivity index (χ1n) is 13.3. The maximum Gasteiger partial charge on any atom is 0.308 e. The molecule has 2 aliphatic heterocycles. The third-order valence-corrected chi connectivity index (χ3v) is 8.69. The summed E-state index contributed by atoms with van der Waals surface area (Å²) in [5, 5.41) is 11.1.